The summed E-state index contributed by atoms with van der Waals surface area (Å²) in [5.74, 6) is 1.42. The van der Waals surface area contributed by atoms with Crippen LogP contribution in [0.5, 0.6) is 17.2 Å². The molecular formula is C21H18O3. The van der Waals surface area contributed by atoms with Gasteiger partial charge in [0.25, 0.3) is 0 Å². The van der Waals surface area contributed by atoms with Crippen molar-refractivity contribution in [2.75, 3.05) is 6.79 Å². The highest BCUT2D eigenvalue weighted by atomic mass is 16.7. The Morgan fingerprint density at radius 1 is 0.833 bits per heavy atom. The van der Waals surface area contributed by atoms with Crippen molar-refractivity contribution in [3.63, 3.8) is 0 Å². The molecule has 0 saturated carbocycles. The Labute approximate surface area is 141 Å². The third-order valence-corrected chi connectivity index (χ3v) is 4.47. The molecule has 0 aliphatic carbocycles. The Morgan fingerprint density at radius 2 is 1.50 bits per heavy atom. The summed E-state index contributed by atoms with van der Waals surface area (Å²) in [6, 6.07) is 22.0. The Morgan fingerprint density at radius 3 is 2.25 bits per heavy atom. The zero-order chi connectivity index (χ0) is 16.5. The SMILES string of the molecule is Cc1ccccc1[C@@H](c1ccccc1)c1cc2c(cc1O)OCO2. The minimum Gasteiger partial charge on any atom is -0.507 e. The van der Waals surface area contributed by atoms with Gasteiger partial charge in [-0.05, 0) is 29.7 Å². The fourth-order valence-corrected chi connectivity index (χ4v) is 3.26. The third kappa shape index (κ3) is 2.48. The van der Waals surface area contributed by atoms with E-state index in [1.165, 1.54) is 5.56 Å². The highest BCUT2D eigenvalue weighted by Crippen LogP contribution is 2.44. The second-order valence-electron chi connectivity index (χ2n) is 5.96. The topological polar surface area (TPSA) is 38.7 Å². The molecule has 1 aliphatic heterocycles. The Bertz CT molecular complexity index is 872. The second-order valence-corrected chi connectivity index (χ2v) is 5.96. The molecular weight excluding hydrogens is 300 g/mol. The molecule has 0 fully saturated rings. The van der Waals surface area contributed by atoms with Gasteiger partial charge in [-0.1, -0.05) is 54.6 Å². The molecule has 0 saturated heterocycles. The number of aryl methyl sites for hydroxylation is 1. The molecule has 3 aromatic carbocycles. The van der Waals surface area contributed by atoms with Crippen molar-refractivity contribution >= 4 is 0 Å². The minimum atomic E-state index is -0.0677. The van der Waals surface area contributed by atoms with Gasteiger partial charge >= 0.3 is 0 Å². The standard InChI is InChI=1S/C21H18O3/c1-14-7-5-6-10-16(14)21(15-8-3-2-4-9-15)17-11-19-20(12-18(17)22)24-13-23-19/h2-12,21-22H,13H2,1H3/t21-/m1/s1. The molecule has 3 aromatic rings. The van der Waals surface area contributed by atoms with Crippen molar-refractivity contribution in [3.8, 4) is 17.2 Å². The van der Waals surface area contributed by atoms with Crippen molar-refractivity contribution in [2.45, 2.75) is 12.8 Å². The summed E-state index contributed by atoms with van der Waals surface area (Å²) in [6.45, 7) is 2.29. The highest BCUT2D eigenvalue weighted by Gasteiger charge is 2.25. The Kier molecular flexibility index (Phi) is 3.62. The number of phenolic OH excluding ortho intramolecular Hbond substituents is 1. The van der Waals surface area contributed by atoms with Gasteiger partial charge in [0.15, 0.2) is 11.5 Å². The minimum absolute atomic E-state index is 0.0677. The predicted octanol–water partition coefficient (Wildman–Crippen LogP) is 4.61. The molecule has 0 amide bonds. The number of fused-ring (bicyclic) bond motifs is 1. The number of hydrogen-bond acceptors (Lipinski definition) is 3. The largest absolute Gasteiger partial charge is 0.507 e. The zero-order valence-electron chi connectivity index (χ0n) is 13.4. The average molecular weight is 318 g/mol. The van der Waals surface area contributed by atoms with Crippen molar-refractivity contribution in [1.29, 1.82) is 0 Å². The lowest BCUT2D eigenvalue weighted by atomic mass is 9.82. The molecule has 1 N–H and O–H groups in total. The lowest BCUT2D eigenvalue weighted by Gasteiger charge is -2.22. The number of rotatable bonds is 3. The second kappa shape index (κ2) is 5.93. The predicted molar refractivity (Wildman–Crippen MR) is 92.8 cm³/mol. The van der Waals surface area contributed by atoms with Gasteiger partial charge in [-0.2, -0.15) is 0 Å². The Hall–Kier alpha value is -2.94. The first-order valence-electron chi connectivity index (χ1n) is 7.97. The van der Waals surface area contributed by atoms with Gasteiger partial charge in [0.05, 0.1) is 0 Å². The maximum atomic E-state index is 10.6. The van der Waals surface area contributed by atoms with E-state index in [9.17, 15) is 5.11 Å². The van der Waals surface area contributed by atoms with E-state index >= 15 is 0 Å². The van der Waals surface area contributed by atoms with E-state index in [0.29, 0.717) is 11.5 Å². The summed E-state index contributed by atoms with van der Waals surface area (Å²) >= 11 is 0. The van der Waals surface area contributed by atoms with Crippen LogP contribution in [0, 0.1) is 6.92 Å². The van der Waals surface area contributed by atoms with Crippen LogP contribution in [-0.4, -0.2) is 11.9 Å². The molecule has 0 radical (unpaired) electrons. The molecule has 0 aromatic heterocycles. The van der Waals surface area contributed by atoms with Crippen LogP contribution in [0.3, 0.4) is 0 Å². The summed E-state index contributed by atoms with van der Waals surface area (Å²) in [4.78, 5) is 0. The van der Waals surface area contributed by atoms with E-state index in [1.807, 2.05) is 36.4 Å². The van der Waals surface area contributed by atoms with E-state index in [4.69, 9.17) is 9.47 Å². The van der Waals surface area contributed by atoms with E-state index in [-0.39, 0.29) is 18.5 Å². The van der Waals surface area contributed by atoms with Gasteiger partial charge in [0, 0.05) is 17.5 Å². The molecule has 0 bridgehead atoms. The van der Waals surface area contributed by atoms with E-state index < -0.39 is 0 Å². The van der Waals surface area contributed by atoms with E-state index in [2.05, 4.69) is 31.2 Å². The van der Waals surface area contributed by atoms with Crippen LogP contribution in [0.15, 0.2) is 66.7 Å². The van der Waals surface area contributed by atoms with Gasteiger partial charge in [0.2, 0.25) is 6.79 Å². The maximum Gasteiger partial charge on any atom is 0.231 e. The average Bonchev–Trinajstić information content (AvgIpc) is 3.05. The van der Waals surface area contributed by atoms with Gasteiger partial charge in [-0.25, -0.2) is 0 Å². The van der Waals surface area contributed by atoms with Gasteiger partial charge in [-0.3, -0.25) is 0 Å². The van der Waals surface area contributed by atoms with Crippen LogP contribution >= 0.6 is 0 Å². The van der Waals surface area contributed by atoms with Gasteiger partial charge in [0.1, 0.15) is 5.75 Å². The quantitative estimate of drug-likeness (QED) is 0.717. The molecule has 1 aliphatic rings. The first-order chi connectivity index (χ1) is 11.7. The molecule has 24 heavy (non-hydrogen) atoms. The van der Waals surface area contributed by atoms with Crippen molar-refractivity contribution < 1.29 is 14.6 Å². The summed E-state index contributed by atoms with van der Waals surface area (Å²) in [6.07, 6.45) is 0. The molecule has 3 heteroatoms. The molecule has 1 heterocycles. The van der Waals surface area contributed by atoms with Crippen molar-refractivity contribution in [3.05, 3.63) is 89.0 Å². The number of aromatic hydroxyl groups is 1. The van der Waals surface area contributed by atoms with Crippen LogP contribution in [0.2, 0.25) is 0 Å². The third-order valence-electron chi connectivity index (χ3n) is 4.47. The van der Waals surface area contributed by atoms with Crippen LogP contribution in [0.25, 0.3) is 0 Å². The van der Waals surface area contributed by atoms with Crippen molar-refractivity contribution in [2.24, 2.45) is 0 Å². The zero-order valence-corrected chi connectivity index (χ0v) is 13.4. The van der Waals surface area contributed by atoms with Crippen LogP contribution < -0.4 is 9.47 Å². The Balaban J connectivity index is 1.93. The van der Waals surface area contributed by atoms with Crippen LogP contribution in [0.4, 0.5) is 0 Å². The molecule has 0 spiro atoms. The van der Waals surface area contributed by atoms with Gasteiger partial charge < -0.3 is 14.6 Å². The smallest absolute Gasteiger partial charge is 0.231 e. The van der Waals surface area contributed by atoms with Gasteiger partial charge in [-0.15, -0.1) is 0 Å². The molecule has 120 valence electrons. The fraction of sp³-hybridized carbons (Fsp3) is 0.143. The summed E-state index contributed by atoms with van der Waals surface area (Å²) in [5.41, 5.74) is 4.29. The van der Waals surface area contributed by atoms with E-state index in [0.717, 1.165) is 16.7 Å². The first-order valence-corrected chi connectivity index (χ1v) is 7.97. The van der Waals surface area contributed by atoms with E-state index in [1.54, 1.807) is 6.07 Å². The normalized spacial score (nSPS) is 13.7. The monoisotopic (exact) mass is 318 g/mol. The number of ether oxygens (including phenoxy) is 2. The number of benzene rings is 3. The summed E-state index contributed by atoms with van der Waals surface area (Å²) < 4.78 is 10.9. The number of hydrogen-bond donors (Lipinski definition) is 1. The molecule has 4 rings (SSSR count). The number of phenols is 1. The maximum absolute atomic E-state index is 10.6. The summed E-state index contributed by atoms with van der Waals surface area (Å²) in [5, 5.41) is 10.6. The molecule has 1 atom stereocenters. The first kappa shape index (κ1) is 14.6. The lowest BCUT2D eigenvalue weighted by molar-refractivity contribution is 0.174. The fourth-order valence-electron chi connectivity index (χ4n) is 3.26. The van der Waals surface area contributed by atoms with Crippen LogP contribution in [0.1, 0.15) is 28.2 Å². The molecule has 0 unspecified atom stereocenters. The molecule has 3 nitrogen and oxygen atoms in total. The van der Waals surface area contributed by atoms with Crippen molar-refractivity contribution in [1.82, 2.24) is 0 Å². The lowest BCUT2D eigenvalue weighted by Crippen LogP contribution is -2.05. The van der Waals surface area contributed by atoms with Crippen LogP contribution in [-0.2, 0) is 0 Å². The summed E-state index contributed by atoms with van der Waals surface area (Å²) in [7, 11) is 0. The highest BCUT2D eigenvalue weighted by molar-refractivity contribution is 5.57.